The number of carbonyl (C=O) groups is 1. The number of hydrogen-bond donors (Lipinski definition) is 1. The highest BCUT2D eigenvalue weighted by Crippen LogP contribution is 2.28. The number of non-ortho nitro benzene ring substituents is 1. The molecule has 1 fully saturated rings. The van der Waals surface area contributed by atoms with Crippen molar-refractivity contribution in [3.8, 4) is 0 Å². The summed E-state index contributed by atoms with van der Waals surface area (Å²) in [6.45, 7) is 0.785. The first-order valence-corrected chi connectivity index (χ1v) is 11.6. The molecular weight excluding hydrogens is 420 g/mol. The molecule has 4 rings (SSSR count). The number of nitrogens with one attached hydrogen (secondary N) is 1. The molecule has 2 aromatic carbocycles. The molecule has 1 amide bonds. The quantitative estimate of drug-likeness (QED) is 0.559. The number of rotatable bonds is 5. The summed E-state index contributed by atoms with van der Waals surface area (Å²) in [7, 11) is -2.00. The van der Waals surface area contributed by atoms with Crippen LogP contribution in [0.3, 0.4) is 0 Å². The Bertz CT molecular complexity index is 1140. The summed E-state index contributed by atoms with van der Waals surface area (Å²) < 4.78 is 27.6. The summed E-state index contributed by atoms with van der Waals surface area (Å²) in [4.78, 5) is 25.4. The molecule has 31 heavy (non-hydrogen) atoms. The Morgan fingerprint density at radius 1 is 1.03 bits per heavy atom. The average molecular weight is 445 g/mol. The largest absolute Gasteiger partial charge is 0.387 e. The zero-order valence-corrected chi connectivity index (χ0v) is 18.0. The van der Waals surface area contributed by atoms with Crippen molar-refractivity contribution < 1.29 is 18.1 Å². The van der Waals surface area contributed by atoms with E-state index in [4.69, 9.17) is 0 Å². The van der Waals surface area contributed by atoms with Crippen LogP contribution < -0.4 is 5.32 Å². The lowest BCUT2D eigenvalue weighted by Crippen LogP contribution is -2.50. The molecule has 1 aliphatic carbocycles. The van der Waals surface area contributed by atoms with Crippen molar-refractivity contribution in [1.29, 1.82) is 0 Å². The lowest BCUT2D eigenvalue weighted by atomic mass is 10.1. The fraction of sp³-hybridized carbons (Fsp3) is 0.381. The molecule has 0 bridgehead atoms. The van der Waals surface area contributed by atoms with E-state index in [1.54, 1.807) is 19.2 Å². The number of nitro groups is 1. The van der Waals surface area contributed by atoms with Crippen LogP contribution in [0.4, 0.5) is 11.4 Å². The number of piperazine rings is 1. The van der Waals surface area contributed by atoms with Gasteiger partial charge in [0.1, 0.15) is 0 Å². The summed E-state index contributed by atoms with van der Waals surface area (Å²) in [6, 6.07) is 9.43. The topological polar surface area (TPSA) is 113 Å². The molecule has 1 heterocycles. The summed E-state index contributed by atoms with van der Waals surface area (Å²) in [6.07, 6.45) is 2.94. The van der Waals surface area contributed by atoms with Gasteiger partial charge in [0, 0.05) is 51.0 Å². The first-order chi connectivity index (χ1) is 14.8. The van der Waals surface area contributed by atoms with Crippen molar-refractivity contribution in [1.82, 2.24) is 9.21 Å². The van der Waals surface area contributed by atoms with Gasteiger partial charge in [0.05, 0.1) is 15.4 Å². The predicted octanol–water partition coefficient (Wildman–Crippen LogP) is 2.27. The predicted molar refractivity (Wildman–Crippen MR) is 116 cm³/mol. The second kappa shape index (κ2) is 8.27. The second-order valence-electron chi connectivity index (χ2n) is 7.72. The summed E-state index contributed by atoms with van der Waals surface area (Å²) in [5, 5.41) is 14.0. The van der Waals surface area contributed by atoms with Gasteiger partial charge in [-0.25, -0.2) is 8.42 Å². The van der Waals surface area contributed by atoms with Gasteiger partial charge in [0.25, 0.3) is 11.6 Å². The monoisotopic (exact) mass is 444 g/mol. The Kier molecular flexibility index (Phi) is 5.67. The maximum Gasteiger partial charge on any atom is 0.270 e. The van der Waals surface area contributed by atoms with Crippen molar-refractivity contribution in [3.63, 3.8) is 0 Å². The zero-order valence-electron chi connectivity index (χ0n) is 17.2. The number of carbonyl (C=O) groups excluding carboxylic acids is 1. The van der Waals surface area contributed by atoms with Crippen molar-refractivity contribution in [2.24, 2.45) is 0 Å². The fourth-order valence-corrected chi connectivity index (χ4v) is 5.67. The summed E-state index contributed by atoms with van der Waals surface area (Å²) in [5.74, 6) is -0.359. The number of hydrogen-bond acceptors (Lipinski definition) is 6. The number of nitrogens with zero attached hydrogens (tertiary/aromatic N) is 3. The van der Waals surface area contributed by atoms with E-state index in [1.807, 2.05) is 6.07 Å². The van der Waals surface area contributed by atoms with Gasteiger partial charge < -0.3 is 10.2 Å². The Balaban J connectivity index is 1.49. The highest BCUT2D eigenvalue weighted by molar-refractivity contribution is 7.89. The third-order valence-electron chi connectivity index (χ3n) is 5.95. The maximum atomic E-state index is 13.1. The van der Waals surface area contributed by atoms with E-state index in [-0.39, 0.29) is 43.3 Å². The molecule has 2 aliphatic rings. The fourth-order valence-electron chi connectivity index (χ4n) is 4.20. The standard InChI is InChI=1S/C21H24N4O5S/c1-22-20-8-6-17(25(27)28)14-19(20)21(26)23-9-11-24(12-10-23)31(29,30)18-7-5-15-3-2-4-16(15)13-18/h5-8,13-14,22H,2-4,9-12H2,1H3. The summed E-state index contributed by atoms with van der Waals surface area (Å²) in [5.41, 5.74) is 2.84. The normalized spacial score (nSPS) is 16.7. The van der Waals surface area contributed by atoms with E-state index in [1.165, 1.54) is 33.0 Å². The number of amides is 1. The highest BCUT2D eigenvalue weighted by atomic mass is 32.2. The number of benzene rings is 2. The molecule has 0 radical (unpaired) electrons. The van der Waals surface area contributed by atoms with Crippen LogP contribution in [0.1, 0.15) is 27.9 Å². The molecule has 1 saturated heterocycles. The van der Waals surface area contributed by atoms with Gasteiger partial charge >= 0.3 is 0 Å². The molecule has 9 nitrogen and oxygen atoms in total. The first kappa shape index (κ1) is 21.3. The van der Waals surface area contributed by atoms with Crippen LogP contribution in [0, 0.1) is 10.1 Å². The first-order valence-electron chi connectivity index (χ1n) is 10.2. The lowest BCUT2D eigenvalue weighted by Gasteiger charge is -2.34. The third-order valence-corrected chi connectivity index (χ3v) is 7.84. The van der Waals surface area contributed by atoms with Crippen LogP contribution in [-0.4, -0.2) is 61.7 Å². The number of nitro benzene ring substituents is 1. The summed E-state index contributed by atoms with van der Waals surface area (Å²) >= 11 is 0. The third kappa shape index (κ3) is 4.00. The number of sulfonamides is 1. The Morgan fingerprint density at radius 3 is 2.42 bits per heavy atom. The van der Waals surface area contributed by atoms with E-state index in [0.29, 0.717) is 10.6 Å². The molecule has 10 heteroatoms. The molecular formula is C21H24N4O5S. The lowest BCUT2D eigenvalue weighted by molar-refractivity contribution is -0.384. The van der Waals surface area contributed by atoms with Crippen LogP contribution in [0.25, 0.3) is 0 Å². The van der Waals surface area contributed by atoms with E-state index in [0.717, 1.165) is 24.8 Å². The van der Waals surface area contributed by atoms with Gasteiger partial charge in [0.15, 0.2) is 0 Å². The molecule has 0 atom stereocenters. The number of aryl methyl sites for hydroxylation is 2. The molecule has 0 unspecified atom stereocenters. The van der Waals surface area contributed by atoms with Crippen molar-refractivity contribution in [3.05, 3.63) is 63.2 Å². The van der Waals surface area contributed by atoms with Crippen LogP contribution in [0.5, 0.6) is 0 Å². The van der Waals surface area contributed by atoms with Crippen LogP contribution in [-0.2, 0) is 22.9 Å². The van der Waals surface area contributed by atoms with Crippen LogP contribution in [0.15, 0.2) is 41.3 Å². The molecule has 2 aromatic rings. The van der Waals surface area contributed by atoms with Crippen LogP contribution in [0.2, 0.25) is 0 Å². The van der Waals surface area contributed by atoms with E-state index >= 15 is 0 Å². The molecule has 0 spiro atoms. The van der Waals surface area contributed by atoms with Crippen LogP contribution >= 0.6 is 0 Å². The van der Waals surface area contributed by atoms with Gasteiger partial charge in [-0.1, -0.05) is 6.07 Å². The molecule has 1 N–H and O–H groups in total. The van der Waals surface area contributed by atoms with E-state index < -0.39 is 14.9 Å². The van der Waals surface area contributed by atoms with Gasteiger partial charge in [-0.15, -0.1) is 0 Å². The zero-order chi connectivity index (χ0) is 22.2. The van der Waals surface area contributed by atoms with Crippen molar-refractivity contribution in [2.75, 3.05) is 38.5 Å². The number of anilines is 1. The van der Waals surface area contributed by atoms with Crippen molar-refractivity contribution in [2.45, 2.75) is 24.2 Å². The van der Waals surface area contributed by atoms with Crippen molar-refractivity contribution >= 4 is 27.3 Å². The number of fused-ring (bicyclic) bond motifs is 1. The molecule has 164 valence electrons. The Hall–Kier alpha value is -2.98. The smallest absolute Gasteiger partial charge is 0.270 e. The Labute approximate surface area is 180 Å². The minimum absolute atomic E-state index is 0.167. The van der Waals surface area contributed by atoms with Gasteiger partial charge in [-0.05, 0) is 48.6 Å². The molecule has 1 aliphatic heterocycles. The molecule has 0 aromatic heterocycles. The highest BCUT2D eigenvalue weighted by Gasteiger charge is 2.32. The minimum Gasteiger partial charge on any atom is -0.387 e. The van der Waals surface area contributed by atoms with Gasteiger partial charge in [-0.3, -0.25) is 14.9 Å². The minimum atomic E-state index is -3.63. The Morgan fingerprint density at radius 2 is 1.74 bits per heavy atom. The molecule has 0 saturated carbocycles. The van der Waals surface area contributed by atoms with Gasteiger partial charge in [-0.2, -0.15) is 4.31 Å². The maximum absolute atomic E-state index is 13.1. The average Bonchev–Trinajstić information content (AvgIpc) is 3.26. The van der Waals surface area contributed by atoms with E-state index in [2.05, 4.69) is 5.32 Å². The van der Waals surface area contributed by atoms with Gasteiger partial charge in [0.2, 0.25) is 10.0 Å². The SMILES string of the molecule is CNc1ccc([N+](=O)[O-])cc1C(=O)N1CCN(S(=O)(=O)c2ccc3c(c2)CCC3)CC1. The van der Waals surface area contributed by atoms with E-state index in [9.17, 15) is 23.3 Å². The second-order valence-corrected chi connectivity index (χ2v) is 9.66.